The number of ether oxygens (including phenoxy) is 2. The molecule has 0 radical (unpaired) electrons. The van der Waals surface area contributed by atoms with Gasteiger partial charge in [0.15, 0.2) is 0 Å². The Kier molecular flexibility index (Phi) is 7.11. The number of benzene rings is 1. The predicted molar refractivity (Wildman–Crippen MR) is 116 cm³/mol. The highest BCUT2D eigenvalue weighted by Crippen LogP contribution is 2.41. The molecule has 1 aromatic carbocycles. The molecule has 0 fully saturated rings. The van der Waals surface area contributed by atoms with E-state index in [4.69, 9.17) is 9.47 Å². The lowest BCUT2D eigenvalue weighted by atomic mass is 9.75. The molecule has 0 aliphatic carbocycles. The molecule has 2 unspecified atom stereocenters. The summed E-state index contributed by atoms with van der Waals surface area (Å²) in [6.07, 6.45) is 4.03. The van der Waals surface area contributed by atoms with E-state index in [0.29, 0.717) is 0 Å². The van der Waals surface area contributed by atoms with Gasteiger partial charge in [-0.2, -0.15) is 0 Å². The molecule has 0 saturated heterocycles. The van der Waals surface area contributed by atoms with Crippen molar-refractivity contribution in [1.82, 2.24) is 9.55 Å². The first-order chi connectivity index (χ1) is 15.8. The Labute approximate surface area is 188 Å². The predicted octanol–water partition coefficient (Wildman–Crippen LogP) is 2.69. The van der Waals surface area contributed by atoms with Crippen molar-refractivity contribution in [3.63, 3.8) is 0 Å². The summed E-state index contributed by atoms with van der Waals surface area (Å²) in [6, 6.07) is 5.53. The topological polar surface area (TPSA) is 143 Å². The summed E-state index contributed by atoms with van der Waals surface area (Å²) in [5.74, 6) is -4.38. The summed E-state index contributed by atoms with van der Waals surface area (Å²) in [5.41, 5.74) is -0.154. The van der Waals surface area contributed by atoms with E-state index in [1.165, 1.54) is 43.8 Å². The SMILES string of the molecule is CCOC(=O)C1=C(C(=O)n2ccnc2)N=C(C)C(C(=O)OCC)C1c1cccc([N+](=O)[O-])c1. The van der Waals surface area contributed by atoms with Crippen molar-refractivity contribution in [3.8, 4) is 0 Å². The minimum atomic E-state index is -1.09. The van der Waals surface area contributed by atoms with Crippen LogP contribution in [0.1, 0.15) is 37.0 Å². The smallest absolute Gasteiger partial charge is 0.337 e. The van der Waals surface area contributed by atoms with Crippen molar-refractivity contribution in [1.29, 1.82) is 0 Å². The van der Waals surface area contributed by atoms with Crippen molar-refractivity contribution < 1.29 is 28.8 Å². The lowest BCUT2D eigenvalue weighted by Crippen LogP contribution is -2.38. The van der Waals surface area contributed by atoms with Crippen LogP contribution < -0.4 is 0 Å². The highest BCUT2D eigenvalue weighted by Gasteiger charge is 2.45. The van der Waals surface area contributed by atoms with E-state index in [9.17, 15) is 24.5 Å². The maximum atomic E-state index is 13.2. The van der Waals surface area contributed by atoms with E-state index in [2.05, 4.69) is 9.98 Å². The van der Waals surface area contributed by atoms with E-state index in [-0.39, 0.29) is 41.4 Å². The quantitative estimate of drug-likeness (QED) is 0.353. The van der Waals surface area contributed by atoms with Crippen LogP contribution in [0.5, 0.6) is 0 Å². The summed E-state index contributed by atoms with van der Waals surface area (Å²) in [4.78, 5) is 58.2. The van der Waals surface area contributed by atoms with Crippen LogP contribution in [0, 0.1) is 16.0 Å². The van der Waals surface area contributed by atoms with Crippen molar-refractivity contribution in [3.05, 3.63) is 69.9 Å². The van der Waals surface area contributed by atoms with Gasteiger partial charge in [-0.15, -0.1) is 0 Å². The normalized spacial score (nSPS) is 17.8. The van der Waals surface area contributed by atoms with Gasteiger partial charge >= 0.3 is 11.9 Å². The second kappa shape index (κ2) is 9.98. The number of nitrogens with zero attached hydrogens (tertiary/aromatic N) is 4. The van der Waals surface area contributed by atoms with Crippen molar-refractivity contribution in [2.45, 2.75) is 26.7 Å². The largest absolute Gasteiger partial charge is 0.465 e. The number of hydrogen-bond donors (Lipinski definition) is 0. The summed E-state index contributed by atoms with van der Waals surface area (Å²) in [5, 5.41) is 11.4. The lowest BCUT2D eigenvalue weighted by Gasteiger charge is -2.31. The average molecular weight is 454 g/mol. The van der Waals surface area contributed by atoms with Crippen molar-refractivity contribution in [2.24, 2.45) is 10.9 Å². The fourth-order valence-electron chi connectivity index (χ4n) is 3.69. The molecule has 11 nitrogen and oxygen atoms in total. The number of allylic oxidation sites excluding steroid dienone is 1. The summed E-state index contributed by atoms with van der Waals surface area (Å²) >= 11 is 0. The lowest BCUT2D eigenvalue weighted by molar-refractivity contribution is -0.384. The zero-order chi connectivity index (χ0) is 24.1. The molecule has 0 saturated carbocycles. The van der Waals surface area contributed by atoms with E-state index in [1.54, 1.807) is 19.9 Å². The molecule has 1 aliphatic rings. The molecule has 0 amide bonds. The van der Waals surface area contributed by atoms with E-state index in [1.807, 2.05) is 0 Å². The number of non-ortho nitro benzene ring substituents is 1. The maximum absolute atomic E-state index is 13.2. The maximum Gasteiger partial charge on any atom is 0.337 e. The fraction of sp³-hybridized carbons (Fsp3) is 0.318. The summed E-state index contributed by atoms with van der Waals surface area (Å²) in [7, 11) is 0. The Bertz CT molecular complexity index is 1150. The van der Waals surface area contributed by atoms with Gasteiger partial charge in [0, 0.05) is 36.2 Å². The minimum absolute atomic E-state index is 0.00328. The summed E-state index contributed by atoms with van der Waals surface area (Å²) in [6.45, 7) is 4.84. The van der Waals surface area contributed by atoms with Crippen LogP contribution in [0.2, 0.25) is 0 Å². The monoisotopic (exact) mass is 454 g/mol. The number of aliphatic imine (C=N–C) groups is 1. The third-order valence-electron chi connectivity index (χ3n) is 5.06. The van der Waals surface area contributed by atoms with Gasteiger partial charge in [-0.25, -0.2) is 9.78 Å². The number of carbonyl (C=O) groups excluding carboxylic acids is 3. The van der Waals surface area contributed by atoms with Crippen LogP contribution >= 0.6 is 0 Å². The fourth-order valence-corrected chi connectivity index (χ4v) is 3.69. The molecular formula is C22H22N4O7. The number of rotatable bonds is 7. The molecule has 172 valence electrons. The third-order valence-corrected chi connectivity index (χ3v) is 5.06. The van der Waals surface area contributed by atoms with E-state index < -0.39 is 34.6 Å². The molecule has 2 atom stereocenters. The molecule has 0 spiro atoms. The van der Waals surface area contributed by atoms with Crippen molar-refractivity contribution in [2.75, 3.05) is 13.2 Å². The second-order valence-corrected chi connectivity index (χ2v) is 7.07. The average Bonchev–Trinajstić information content (AvgIpc) is 3.33. The molecular weight excluding hydrogens is 432 g/mol. The van der Waals surface area contributed by atoms with Gasteiger partial charge in [0.05, 0.1) is 23.7 Å². The Morgan fingerprint density at radius 1 is 1.18 bits per heavy atom. The molecule has 11 heteroatoms. The summed E-state index contributed by atoms with van der Waals surface area (Å²) < 4.78 is 11.6. The van der Waals surface area contributed by atoms with Crippen LogP contribution in [0.25, 0.3) is 0 Å². The number of nitro benzene ring substituents is 1. The van der Waals surface area contributed by atoms with Crippen LogP contribution in [-0.2, 0) is 19.1 Å². The van der Waals surface area contributed by atoms with Gasteiger partial charge in [-0.05, 0) is 26.3 Å². The molecule has 0 N–H and O–H groups in total. The number of esters is 2. The number of aromatic nitrogens is 2. The molecule has 2 heterocycles. The highest BCUT2D eigenvalue weighted by molar-refractivity contribution is 6.13. The third kappa shape index (κ3) is 4.71. The van der Waals surface area contributed by atoms with Crippen LogP contribution in [0.3, 0.4) is 0 Å². The zero-order valence-electron chi connectivity index (χ0n) is 18.3. The first kappa shape index (κ1) is 23.5. The Balaban J connectivity index is 2.30. The molecule has 2 aromatic rings. The standard InChI is InChI=1S/C22H22N4O7/c1-4-32-21(28)16-13(3)24-19(20(27)25-10-9-23-12-25)18(22(29)33-5-2)17(16)14-7-6-8-15(11-14)26(30)31/h6-12,16-17H,4-5H2,1-3H3. The van der Waals surface area contributed by atoms with Crippen LogP contribution in [-0.4, -0.2) is 51.2 Å². The first-order valence-electron chi connectivity index (χ1n) is 10.2. The Hall–Kier alpha value is -4.15. The van der Waals surface area contributed by atoms with Crippen molar-refractivity contribution >= 4 is 29.2 Å². The Morgan fingerprint density at radius 3 is 2.52 bits per heavy atom. The number of carbonyl (C=O) groups is 3. The van der Waals surface area contributed by atoms with E-state index >= 15 is 0 Å². The van der Waals surface area contributed by atoms with Gasteiger partial charge in [0.2, 0.25) is 0 Å². The van der Waals surface area contributed by atoms with Crippen LogP contribution in [0.15, 0.2) is 59.2 Å². The number of hydrogen-bond acceptors (Lipinski definition) is 9. The molecule has 33 heavy (non-hydrogen) atoms. The van der Waals surface area contributed by atoms with Gasteiger partial charge < -0.3 is 9.47 Å². The molecule has 3 rings (SSSR count). The molecule has 1 aromatic heterocycles. The first-order valence-corrected chi connectivity index (χ1v) is 10.2. The second-order valence-electron chi connectivity index (χ2n) is 7.07. The van der Waals surface area contributed by atoms with Gasteiger partial charge in [0.25, 0.3) is 11.6 Å². The zero-order valence-corrected chi connectivity index (χ0v) is 18.3. The highest BCUT2D eigenvalue weighted by atomic mass is 16.6. The van der Waals surface area contributed by atoms with E-state index in [0.717, 1.165) is 4.57 Å². The van der Waals surface area contributed by atoms with Gasteiger partial charge in [-0.3, -0.25) is 29.3 Å². The Morgan fingerprint density at radius 2 is 1.91 bits per heavy atom. The van der Waals surface area contributed by atoms with Gasteiger partial charge in [-0.1, -0.05) is 12.1 Å². The molecule has 1 aliphatic heterocycles. The van der Waals surface area contributed by atoms with Gasteiger partial charge in [0.1, 0.15) is 17.9 Å². The minimum Gasteiger partial charge on any atom is -0.465 e. The number of nitro groups is 1. The molecule has 0 bridgehead atoms. The number of imidazole rings is 1. The van der Waals surface area contributed by atoms with Crippen LogP contribution in [0.4, 0.5) is 5.69 Å².